The molecule has 0 radical (unpaired) electrons. The van der Waals surface area contributed by atoms with Gasteiger partial charge in [-0.1, -0.05) is 34.6 Å². The topological polar surface area (TPSA) is 186 Å². The van der Waals surface area contributed by atoms with Gasteiger partial charge in [0.05, 0.1) is 29.3 Å². The SMILES string of the molecule is CC[C@@H](C)C(=O)O[C@H]1[C@H](O)[C@H]2[C@@H](CN3C[C@@H](C)CC[C@H]3[C@]2(C)O)[C@@H]2C[C@]34O[C@]5(O)[C@@H](OC(=O)[C@@](C)(O)CC)CC[C@@]3(C)[C@@H]5C[C@@H](O)[C@H]4[C@@]21O. The minimum absolute atomic E-state index is 0.0202. The third kappa shape index (κ3) is 4.56. The van der Waals surface area contributed by atoms with E-state index in [0.717, 1.165) is 19.4 Å². The van der Waals surface area contributed by atoms with Crippen LogP contribution in [0.25, 0.3) is 0 Å². The highest BCUT2D eigenvalue weighted by molar-refractivity contribution is 5.78. The highest BCUT2D eigenvalue weighted by Crippen LogP contribution is 2.77. The quantitative estimate of drug-likeness (QED) is 0.221. The molecule has 49 heavy (non-hydrogen) atoms. The molecule has 0 aromatic rings. The molecule has 3 heterocycles. The van der Waals surface area contributed by atoms with Gasteiger partial charge in [-0.05, 0) is 83.0 Å². The second-order valence-electron chi connectivity index (χ2n) is 18.0. The molecule has 0 aromatic heterocycles. The Labute approximate surface area is 289 Å². The molecule has 0 amide bonds. The first-order valence-corrected chi connectivity index (χ1v) is 18.9. The molecule has 4 aliphatic carbocycles. The molecular weight excluding hydrogens is 634 g/mol. The number of aliphatic hydroxyl groups is 6. The van der Waals surface area contributed by atoms with Crippen LogP contribution < -0.4 is 0 Å². The molecule has 12 heteroatoms. The third-order valence-electron chi connectivity index (χ3n) is 15.4. The summed E-state index contributed by atoms with van der Waals surface area (Å²) in [4.78, 5) is 28.9. The minimum atomic E-state index is -2.02. The zero-order chi connectivity index (χ0) is 35.9. The summed E-state index contributed by atoms with van der Waals surface area (Å²) >= 11 is 0. The highest BCUT2D eigenvalue weighted by Gasteiger charge is 2.87. The summed E-state index contributed by atoms with van der Waals surface area (Å²) in [5.74, 6) is -7.17. The smallest absolute Gasteiger partial charge is 0.338 e. The monoisotopic (exact) mass is 693 g/mol. The van der Waals surface area contributed by atoms with Crippen LogP contribution in [-0.4, -0.2) is 119 Å². The Morgan fingerprint density at radius 1 is 1.06 bits per heavy atom. The van der Waals surface area contributed by atoms with E-state index < -0.39 is 105 Å². The molecule has 0 aromatic carbocycles. The molecule has 1 spiro atoms. The number of piperidine rings is 2. The van der Waals surface area contributed by atoms with Gasteiger partial charge in [0.25, 0.3) is 0 Å². The van der Waals surface area contributed by atoms with E-state index in [1.165, 1.54) is 6.92 Å². The molecule has 3 saturated heterocycles. The molecule has 7 fully saturated rings. The summed E-state index contributed by atoms with van der Waals surface area (Å²) in [6, 6.07) is -0.218. The van der Waals surface area contributed by atoms with E-state index in [-0.39, 0.29) is 31.7 Å². The molecule has 4 bridgehead atoms. The van der Waals surface area contributed by atoms with E-state index in [2.05, 4.69) is 11.8 Å². The van der Waals surface area contributed by atoms with E-state index in [1.54, 1.807) is 20.8 Å². The van der Waals surface area contributed by atoms with Gasteiger partial charge in [0, 0.05) is 42.3 Å². The maximum Gasteiger partial charge on any atom is 0.338 e. The number of aliphatic hydroxyl groups excluding tert-OH is 2. The lowest BCUT2D eigenvalue weighted by Gasteiger charge is -2.64. The largest absolute Gasteiger partial charge is 0.456 e. The van der Waals surface area contributed by atoms with Gasteiger partial charge in [-0.15, -0.1) is 0 Å². The van der Waals surface area contributed by atoms with Crippen LogP contribution in [-0.2, 0) is 23.8 Å². The van der Waals surface area contributed by atoms with E-state index in [9.17, 15) is 40.2 Å². The van der Waals surface area contributed by atoms with Gasteiger partial charge >= 0.3 is 11.9 Å². The number of hydrogen-bond acceptors (Lipinski definition) is 12. The number of fused-ring (bicyclic) bond motifs is 5. The van der Waals surface area contributed by atoms with Crippen molar-refractivity contribution in [1.29, 1.82) is 0 Å². The molecular formula is C37H59NO11. The normalized spacial score (nSPS) is 54.8. The standard InChI is InChI=1S/C37H59NO11/c1-8-19(4)30(41)48-29-27(40)26-20(17-38-16-18(3)10-11-24(38)34(26,7)44)21-15-35-28(36(21,29)45)22(39)14-23-32(35,5)13-12-25(37(23,46)49-35)47-31(42)33(6,43)9-2/h18-29,39-40,43-46H,8-17H2,1-7H3/t18-,19+,20-,21-,22+,23-,24-,25-,26+,27+,28+,29-,32-,33-,34-,35+,36-,37-/m0/s1. The summed E-state index contributed by atoms with van der Waals surface area (Å²) < 4.78 is 18.9. The van der Waals surface area contributed by atoms with Gasteiger partial charge in [-0.3, -0.25) is 9.69 Å². The predicted octanol–water partition coefficient (Wildman–Crippen LogP) is 1.49. The van der Waals surface area contributed by atoms with Crippen molar-refractivity contribution in [3.05, 3.63) is 0 Å². The van der Waals surface area contributed by atoms with Gasteiger partial charge in [0.2, 0.25) is 5.79 Å². The van der Waals surface area contributed by atoms with E-state index >= 15 is 0 Å². The van der Waals surface area contributed by atoms with Crippen molar-refractivity contribution in [3.8, 4) is 0 Å². The first-order chi connectivity index (χ1) is 22.7. The van der Waals surface area contributed by atoms with Gasteiger partial charge in [-0.25, -0.2) is 4.79 Å². The van der Waals surface area contributed by atoms with Crippen LogP contribution in [0.5, 0.6) is 0 Å². The lowest BCUT2D eigenvalue weighted by molar-refractivity contribution is -0.300. The summed E-state index contributed by atoms with van der Waals surface area (Å²) in [5.41, 5.74) is -7.23. The fraction of sp³-hybridized carbons (Fsp3) is 0.946. The Kier molecular flexibility index (Phi) is 8.31. The Hall–Kier alpha value is -1.38. The fourth-order valence-electron chi connectivity index (χ4n) is 12.5. The Balaban J connectivity index is 1.35. The molecule has 4 saturated carbocycles. The van der Waals surface area contributed by atoms with Crippen LogP contribution in [0.15, 0.2) is 0 Å². The lowest BCUT2D eigenvalue weighted by Crippen LogP contribution is -2.77. The van der Waals surface area contributed by atoms with E-state index in [4.69, 9.17) is 14.2 Å². The Morgan fingerprint density at radius 3 is 2.41 bits per heavy atom. The number of esters is 2. The summed E-state index contributed by atoms with van der Waals surface area (Å²) in [5, 5.41) is 73.4. The average molecular weight is 694 g/mol. The number of carbonyl (C=O) groups is 2. The summed E-state index contributed by atoms with van der Waals surface area (Å²) in [7, 11) is 0. The maximum atomic E-state index is 13.5. The van der Waals surface area contributed by atoms with E-state index in [0.29, 0.717) is 25.3 Å². The van der Waals surface area contributed by atoms with Crippen LogP contribution in [0.2, 0.25) is 0 Å². The van der Waals surface area contributed by atoms with Crippen molar-refractivity contribution in [2.24, 2.45) is 46.8 Å². The van der Waals surface area contributed by atoms with E-state index in [1.807, 2.05) is 13.8 Å². The summed E-state index contributed by atoms with van der Waals surface area (Å²) in [6.45, 7) is 13.8. The van der Waals surface area contributed by atoms with Crippen molar-refractivity contribution in [2.75, 3.05) is 13.1 Å². The number of carbonyl (C=O) groups excluding carboxylic acids is 2. The summed E-state index contributed by atoms with van der Waals surface area (Å²) in [6.07, 6.45) is -2.06. The Bertz CT molecular complexity index is 1360. The molecule has 7 aliphatic rings. The first-order valence-electron chi connectivity index (χ1n) is 18.9. The molecule has 278 valence electrons. The second kappa shape index (κ2) is 11.3. The van der Waals surface area contributed by atoms with Crippen LogP contribution >= 0.6 is 0 Å². The van der Waals surface area contributed by atoms with Gasteiger partial charge in [-0.2, -0.15) is 0 Å². The number of rotatable bonds is 6. The zero-order valence-electron chi connectivity index (χ0n) is 30.2. The van der Waals surface area contributed by atoms with Crippen molar-refractivity contribution < 1.29 is 54.4 Å². The fourth-order valence-corrected chi connectivity index (χ4v) is 12.5. The number of ether oxygens (including phenoxy) is 3. The average Bonchev–Trinajstić information content (AvgIpc) is 3.31. The Morgan fingerprint density at radius 2 is 1.76 bits per heavy atom. The van der Waals surface area contributed by atoms with Gasteiger partial charge in [0.1, 0.15) is 5.60 Å². The van der Waals surface area contributed by atoms with Gasteiger partial charge in [0.15, 0.2) is 17.8 Å². The van der Waals surface area contributed by atoms with Crippen molar-refractivity contribution in [2.45, 2.75) is 158 Å². The van der Waals surface area contributed by atoms with Crippen LogP contribution in [0.4, 0.5) is 0 Å². The predicted molar refractivity (Wildman–Crippen MR) is 174 cm³/mol. The van der Waals surface area contributed by atoms with Crippen LogP contribution in [0, 0.1) is 46.8 Å². The van der Waals surface area contributed by atoms with Crippen LogP contribution in [0.3, 0.4) is 0 Å². The first kappa shape index (κ1) is 36.0. The highest BCUT2D eigenvalue weighted by atomic mass is 16.7. The van der Waals surface area contributed by atoms with Crippen molar-refractivity contribution in [3.63, 3.8) is 0 Å². The third-order valence-corrected chi connectivity index (χ3v) is 15.4. The molecule has 7 rings (SSSR count). The van der Waals surface area contributed by atoms with Crippen molar-refractivity contribution in [1.82, 2.24) is 4.90 Å². The lowest BCUT2D eigenvalue weighted by atomic mass is 9.49. The van der Waals surface area contributed by atoms with Gasteiger partial charge < -0.3 is 44.8 Å². The maximum absolute atomic E-state index is 13.5. The minimum Gasteiger partial charge on any atom is -0.456 e. The zero-order valence-corrected chi connectivity index (χ0v) is 30.2. The van der Waals surface area contributed by atoms with Crippen molar-refractivity contribution >= 4 is 11.9 Å². The molecule has 18 atom stereocenters. The van der Waals surface area contributed by atoms with Crippen LogP contribution in [0.1, 0.15) is 99.8 Å². The molecule has 0 unspecified atom stereocenters. The number of hydrogen-bond donors (Lipinski definition) is 6. The molecule has 3 aliphatic heterocycles. The number of nitrogens with zero attached hydrogens (tertiary/aromatic N) is 1. The molecule has 12 nitrogen and oxygen atoms in total. The molecule has 6 N–H and O–H groups in total. The second-order valence-corrected chi connectivity index (χ2v) is 18.0.